The van der Waals surface area contributed by atoms with Crippen molar-refractivity contribution >= 4 is 0 Å². The summed E-state index contributed by atoms with van der Waals surface area (Å²) in [4.78, 5) is 0. The Bertz CT molecular complexity index is 473. The molecule has 2 saturated carbocycles. The van der Waals surface area contributed by atoms with Gasteiger partial charge in [0.05, 0.1) is 0 Å². The summed E-state index contributed by atoms with van der Waals surface area (Å²) < 4.78 is 0. The average Bonchev–Trinajstić information content (AvgIpc) is 3.25. The molecule has 4 aliphatic rings. The Balaban J connectivity index is 0. The van der Waals surface area contributed by atoms with E-state index in [4.69, 9.17) is 0 Å². The summed E-state index contributed by atoms with van der Waals surface area (Å²) in [6.45, 7) is 6.03. The van der Waals surface area contributed by atoms with Crippen LogP contribution < -0.4 is 0 Å². The van der Waals surface area contributed by atoms with Crippen LogP contribution in [0.1, 0.15) is 52.4 Å². The second-order valence-electron chi connectivity index (χ2n) is 8.13. The average molecular weight is 475 g/mol. The summed E-state index contributed by atoms with van der Waals surface area (Å²) in [5.74, 6) is 5.36. The fourth-order valence-electron chi connectivity index (χ4n) is 5.45. The fraction of sp³-hybridized carbons (Fsp3) is 0.593. The number of nitrogens with zero attached hydrogens (tertiary/aromatic N) is 1. The summed E-state index contributed by atoms with van der Waals surface area (Å²) >= 11 is 0. The summed E-state index contributed by atoms with van der Waals surface area (Å²) in [7, 11) is 0. The molecule has 0 amide bonds. The molecule has 162 valence electrons. The van der Waals surface area contributed by atoms with Gasteiger partial charge in [0.25, 0.3) is 0 Å². The van der Waals surface area contributed by atoms with Crippen LogP contribution in [0.5, 0.6) is 0 Å². The van der Waals surface area contributed by atoms with Gasteiger partial charge in [-0.1, -0.05) is 62.5 Å². The zero-order chi connectivity index (χ0) is 17.5. The Kier molecular flexibility index (Phi) is 17.6. The predicted octanol–water partition coefficient (Wildman–Crippen LogP) is 8.05. The molecular weight excluding hydrogens is 430 g/mol. The number of hydrogen-bond donors (Lipinski definition) is 0. The van der Waals surface area contributed by atoms with Crippen LogP contribution in [0.15, 0.2) is 48.6 Å². The maximum absolute atomic E-state index is 3.97. The zero-order valence-corrected chi connectivity index (χ0v) is 22.1. The summed E-state index contributed by atoms with van der Waals surface area (Å²) in [5.41, 5.74) is 0. The predicted molar refractivity (Wildman–Crippen MR) is 129 cm³/mol. The Hall–Kier alpha value is -0.197. The van der Waals surface area contributed by atoms with Crippen molar-refractivity contribution in [2.75, 3.05) is 13.1 Å². The zero-order valence-electron chi connectivity index (χ0n) is 19.7. The van der Waals surface area contributed by atoms with Gasteiger partial charge in [-0.05, 0) is 74.0 Å². The molecule has 6 atom stereocenters. The van der Waals surface area contributed by atoms with Crippen LogP contribution in [0, 0.1) is 57.8 Å². The van der Waals surface area contributed by atoms with Gasteiger partial charge in [-0.3, -0.25) is 0 Å². The number of rotatable bonds is 5. The Labute approximate surface area is 202 Å². The minimum Gasteiger partial charge on any atom is -0.663 e. The SMILES string of the molecule is C1=CC2CCC(CCC3CCC4C=CC=CC43)C2C=C1.CC[N-]CC.[CH3-].[CH3-].[CH3-].[Zr+4]. The molecule has 2 heteroatoms. The van der Waals surface area contributed by atoms with Crippen molar-refractivity contribution in [3.05, 3.63) is 76.2 Å². The maximum Gasteiger partial charge on any atom is 4.00 e. The van der Waals surface area contributed by atoms with Crippen LogP contribution in [0.4, 0.5) is 0 Å². The molecule has 0 radical (unpaired) electrons. The smallest absolute Gasteiger partial charge is 0.663 e. The van der Waals surface area contributed by atoms with E-state index in [1.807, 2.05) is 13.8 Å². The molecule has 0 N–H and O–H groups in total. The minimum absolute atomic E-state index is 0. The van der Waals surface area contributed by atoms with Gasteiger partial charge in [0.1, 0.15) is 0 Å². The molecular formula is C27H45NZr. The molecule has 0 heterocycles. The monoisotopic (exact) mass is 473 g/mol. The van der Waals surface area contributed by atoms with E-state index in [2.05, 4.69) is 53.9 Å². The summed E-state index contributed by atoms with van der Waals surface area (Å²) in [6.07, 6.45) is 27.6. The van der Waals surface area contributed by atoms with E-state index in [1.54, 1.807) is 0 Å². The van der Waals surface area contributed by atoms with Gasteiger partial charge in [0, 0.05) is 0 Å². The van der Waals surface area contributed by atoms with E-state index < -0.39 is 0 Å². The van der Waals surface area contributed by atoms with Crippen LogP contribution in [0.25, 0.3) is 5.32 Å². The first-order valence-corrected chi connectivity index (χ1v) is 10.7. The summed E-state index contributed by atoms with van der Waals surface area (Å²) in [5, 5.41) is 3.97. The van der Waals surface area contributed by atoms with E-state index in [0.717, 1.165) is 48.6 Å². The molecule has 0 aromatic carbocycles. The Morgan fingerprint density at radius 1 is 0.621 bits per heavy atom. The van der Waals surface area contributed by atoms with E-state index in [-0.39, 0.29) is 48.5 Å². The van der Waals surface area contributed by atoms with Crippen molar-refractivity contribution in [3.8, 4) is 0 Å². The van der Waals surface area contributed by atoms with Crippen molar-refractivity contribution < 1.29 is 26.2 Å². The van der Waals surface area contributed by atoms with Gasteiger partial charge in [-0.15, -0.1) is 0 Å². The molecule has 4 aliphatic carbocycles. The largest absolute Gasteiger partial charge is 4.00 e. The Morgan fingerprint density at radius 2 is 1.00 bits per heavy atom. The second kappa shape index (κ2) is 16.5. The first-order chi connectivity index (χ1) is 12.3. The normalized spacial score (nSPS) is 32.3. The van der Waals surface area contributed by atoms with Crippen molar-refractivity contribution in [3.63, 3.8) is 0 Å². The molecule has 4 rings (SSSR count). The molecule has 1 nitrogen and oxygen atoms in total. The molecule has 0 aliphatic heterocycles. The second-order valence-corrected chi connectivity index (χ2v) is 8.13. The topological polar surface area (TPSA) is 14.1 Å². The van der Waals surface area contributed by atoms with Crippen LogP contribution in [0.3, 0.4) is 0 Å². The van der Waals surface area contributed by atoms with Gasteiger partial charge in [0.2, 0.25) is 0 Å². The van der Waals surface area contributed by atoms with Crippen LogP contribution in [-0.2, 0) is 26.2 Å². The summed E-state index contributed by atoms with van der Waals surface area (Å²) in [6, 6.07) is 0. The van der Waals surface area contributed by atoms with Crippen molar-refractivity contribution in [1.82, 2.24) is 0 Å². The first kappa shape index (κ1) is 31.0. The minimum atomic E-state index is 0. The molecule has 0 saturated heterocycles. The van der Waals surface area contributed by atoms with E-state index in [9.17, 15) is 0 Å². The van der Waals surface area contributed by atoms with E-state index >= 15 is 0 Å². The van der Waals surface area contributed by atoms with Gasteiger partial charge in [0.15, 0.2) is 0 Å². The number of fused-ring (bicyclic) bond motifs is 2. The molecule has 6 unspecified atom stereocenters. The van der Waals surface area contributed by atoms with E-state index in [1.165, 1.54) is 38.5 Å². The Morgan fingerprint density at radius 3 is 1.34 bits per heavy atom. The molecule has 29 heavy (non-hydrogen) atoms. The van der Waals surface area contributed by atoms with Crippen molar-refractivity contribution in [2.24, 2.45) is 35.5 Å². The maximum atomic E-state index is 3.97. The standard InChI is InChI=1S/C20H26.C4H10N.3CH3.Zr/c1-3-7-19-15(5-1)9-11-17(19)13-14-18-12-10-16-6-2-4-8-20(16)18;1-3-5-4-2;;;;/h1-8,15-20H,9-14H2;3-4H2,1-2H3;3*1H3;/q;4*-1;+4. The number of hydrogen-bond acceptors (Lipinski definition) is 0. The first-order valence-electron chi connectivity index (χ1n) is 10.7. The quantitative estimate of drug-likeness (QED) is 0.358. The third-order valence-electron chi connectivity index (χ3n) is 6.78. The van der Waals surface area contributed by atoms with Gasteiger partial charge < -0.3 is 27.6 Å². The van der Waals surface area contributed by atoms with Crippen molar-refractivity contribution in [2.45, 2.75) is 52.4 Å². The van der Waals surface area contributed by atoms with Crippen LogP contribution in [0.2, 0.25) is 0 Å². The molecule has 0 aromatic heterocycles. The van der Waals surface area contributed by atoms with Gasteiger partial charge in [-0.2, -0.15) is 13.1 Å². The number of allylic oxidation sites excluding steroid dienone is 8. The molecule has 0 bridgehead atoms. The van der Waals surface area contributed by atoms with Gasteiger partial charge in [-0.25, -0.2) is 0 Å². The van der Waals surface area contributed by atoms with E-state index in [0.29, 0.717) is 0 Å². The molecule has 0 spiro atoms. The molecule has 0 aromatic rings. The van der Waals surface area contributed by atoms with Crippen LogP contribution >= 0.6 is 0 Å². The van der Waals surface area contributed by atoms with Gasteiger partial charge >= 0.3 is 26.2 Å². The van der Waals surface area contributed by atoms with Crippen molar-refractivity contribution in [1.29, 1.82) is 0 Å². The molecule has 2 fully saturated rings. The third kappa shape index (κ3) is 8.45. The fourth-order valence-corrected chi connectivity index (χ4v) is 5.45. The third-order valence-corrected chi connectivity index (χ3v) is 6.78. The van der Waals surface area contributed by atoms with Crippen LogP contribution in [-0.4, -0.2) is 13.1 Å².